The highest BCUT2D eigenvalue weighted by Crippen LogP contribution is 2.28. The first kappa shape index (κ1) is 21.6. The van der Waals surface area contributed by atoms with Gasteiger partial charge in [-0.1, -0.05) is 66.7 Å². The molecule has 5 rings (SSSR count). The van der Waals surface area contributed by atoms with Gasteiger partial charge in [0.2, 0.25) is 0 Å². The number of benzene rings is 3. The number of aryl methyl sites for hydroxylation is 1. The van der Waals surface area contributed by atoms with Crippen LogP contribution in [-0.2, 0) is 6.54 Å². The van der Waals surface area contributed by atoms with Crippen LogP contribution in [0.1, 0.15) is 28.5 Å². The Balaban J connectivity index is 1.44. The van der Waals surface area contributed by atoms with Crippen LogP contribution in [0.5, 0.6) is 0 Å². The number of anilines is 1. The van der Waals surface area contributed by atoms with Crippen molar-refractivity contribution in [3.8, 4) is 16.9 Å². The predicted octanol–water partition coefficient (Wildman–Crippen LogP) is 5.94. The lowest BCUT2D eigenvalue weighted by atomic mass is 10.0. The van der Waals surface area contributed by atoms with Crippen molar-refractivity contribution >= 4 is 5.69 Å². The van der Waals surface area contributed by atoms with Crippen LogP contribution in [0.4, 0.5) is 5.69 Å². The molecule has 5 nitrogen and oxygen atoms in total. The Morgan fingerprint density at radius 1 is 0.882 bits per heavy atom. The van der Waals surface area contributed by atoms with Gasteiger partial charge < -0.3 is 10.4 Å². The van der Waals surface area contributed by atoms with Gasteiger partial charge in [0.25, 0.3) is 0 Å². The number of rotatable bonds is 7. The molecule has 3 aromatic carbocycles. The second-order valence-corrected chi connectivity index (χ2v) is 8.23. The molecule has 2 aromatic heterocycles. The standard InChI is InChI=1S/C29H26N4O/c1-21-15-16-23(29(34)26-14-8-9-17-30-26)18-27(21)31-19-24-20-33(25-12-6-3-7-13-25)32-28(24)22-10-4-2-5-11-22/h2-18,20,29,31,34H,19H2,1H3/t29-/m1/s1. The quantitative estimate of drug-likeness (QED) is 0.325. The van der Waals surface area contributed by atoms with E-state index in [1.54, 1.807) is 6.20 Å². The van der Waals surface area contributed by atoms with E-state index in [-0.39, 0.29) is 0 Å². The third-order valence-corrected chi connectivity index (χ3v) is 5.87. The summed E-state index contributed by atoms with van der Waals surface area (Å²) < 4.78 is 1.92. The summed E-state index contributed by atoms with van der Waals surface area (Å²) in [6, 6.07) is 31.9. The number of pyridine rings is 1. The van der Waals surface area contributed by atoms with Crippen LogP contribution < -0.4 is 5.32 Å². The van der Waals surface area contributed by atoms with Crippen LogP contribution in [0.25, 0.3) is 16.9 Å². The van der Waals surface area contributed by atoms with E-state index in [0.717, 1.165) is 39.3 Å². The van der Waals surface area contributed by atoms with Crippen LogP contribution in [0.3, 0.4) is 0 Å². The third-order valence-electron chi connectivity index (χ3n) is 5.87. The first-order chi connectivity index (χ1) is 16.7. The minimum Gasteiger partial charge on any atom is -0.382 e. The zero-order valence-electron chi connectivity index (χ0n) is 19.0. The Hall–Kier alpha value is -4.22. The van der Waals surface area contributed by atoms with Gasteiger partial charge in [-0.05, 0) is 48.4 Å². The zero-order chi connectivity index (χ0) is 23.3. The van der Waals surface area contributed by atoms with Crippen molar-refractivity contribution in [3.05, 3.63) is 132 Å². The van der Waals surface area contributed by atoms with Crippen LogP contribution in [0.15, 0.2) is 109 Å². The van der Waals surface area contributed by atoms with E-state index < -0.39 is 6.10 Å². The number of aromatic nitrogens is 3. The molecule has 2 heterocycles. The van der Waals surface area contributed by atoms with E-state index in [2.05, 4.69) is 35.6 Å². The monoisotopic (exact) mass is 446 g/mol. The van der Waals surface area contributed by atoms with Gasteiger partial charge in [-0.3, -0.25) is 4.98 Å². The molecular formula is C29H26N4O. The summed E-state index contributed by atoms with van der Waals surface area (Å²) in [5, 5.41) is 19.3. The van der Waals surface area contributed by atoms with Gasteiger partial charge in [-0.15, -0.1) is 0 Å². The second-order valence-electron chi connectivity index (χ2n) is 8.23. The maximum absolute atomic E-state index is 10.8. The number of hydrogen-bond donors (Lipinski definition) is 2. The molecule has 0 fully saturated rings. The molecule has 0 aliphatic carbocycles. The number of aliphatic hydroxyl groups excluding tert-OH is 1. The van der Waals surface area contributed by atoms with Crippen molar-refractivity contribution in [1.29, 1.82) is 0 Å². The first-order valence-corrected chi connectivity index (χ1v) is 11.3. The summed E-state index contributed by atoms with van der Waals surface area (Å²) >= 11 is 0. The molecule has 5 heteroatoms. The average molecular weight is 447 g/mol. The second kappa shape index (κ2) is 9.73. The fourth-order valence-corrected chi connectivity index (χ4v) is 3.99. The van der Waals surface area contributed by atoms with Gasteiger partial charge in [0, 0.05) is 35.8 Å². The summed E-state index contributed by atoms with van der Waals surface area (Å²) in [4.78, 5) is 4.30. The van der Waals surface area contributed by atoms with E-state index in [9.17, 15) is 5.11 Å². The van der Waals surface area contributed by atoms with E-state index >= 15 is 0 Å². The highest BCUT2D eigenvalue weighted by atomic mass is 16.3. The maximum atomic E-state index is 10.8. The van der Waals surface area contributed by atoms with Gasteiger partial charge in [-0.25, -0.2) is 4.68 Å². The molecular weight excluding hydrogens is 420 g/mol. The summed E-state index contributed by atoms with van der Waals surface area (Å²) in [7, 11) is 0. The average Bonchev–Trinajstić information content (AvgIpc) is 3.34. The topological polar surface area (TPSA) is 63.0 Å². The predicted molar refractivity (Wildman–Crippen MR) is 136 cm³/mol. The van der Waals surface area contributed by atoms with Crippen molar-refractivity contribution in [2.75, 3.05) is 5.32 Å². The smallest absolute Gasteiger partial charge is 0.121 e. The summed E-state index contributed by atoms with van der Waals surface area (Å²) in [6.07, 6.45) is 3.00. The number of nitrogens with one attached hydrogen (secondary N) is 1. The molecule has 34 heavy (non-hydrogen) atoms. The van der Waals surface area contributed by atoms with Crippen molar-refractivity contribution < 1.29 is 5.11 Å². The van der Waals surface area contributed by atoms with Gasteiger partial charge in [0.05, 0.1) is 17.1 Å². The Kier molecular flexibility index (Phi) is 6.19. The van der Waals surface area contributed by atoms with Crippen LogP contribution in [0, 0.1) is 6.92 Å². The van der Waals surface area contributed by atoms with Gasteiger partial charge in [-0.2, -0.15) is 5.10 Å². The molecule has 0 aliphatic heterocycles. The molecule has 0 spiro atoms. The van der Waals surface area contributed by atoms with Gasteiger partial charge in [0.1, 0.15) is 6.10 Å². The van der Waals surface area contributed by atoms with E-state index in [0.29, 0.717) is 12.2 Å². The van der Waals surface area contributed by atoms with E-state index in [4.69, 9.17) is 5.10 Å². The SMILES string of the molecule is Cc1ccc([C@@H](O)c2ccccn2)cc1NCc1cn(-c2ccccc2)nc1-c1ccccc1. The molecule has 0 unspecified atom stereocenters. The minimum atomic E-state index is -0.775. The lowest BCUT2D eigenvalue weighted by Gasteiger charge is -2.15. The summed E-state index contributed by atoms with van der Waals surface area (Å²) in [6.45, 7) is 2.66. The molecule has 2 N–H and O–H groups in total. The van der Waals surface area contributed by atoms with Crippen molar-refractivity contribution in [3.63, 3.8) is 0 Å². The number of nitrogens with zero attached hydrogens (tertiary/aromatic N) is 3. The van der Waals surface area contributed by atoms with E-state index in [1.807, 2.05) is 89.6 Å². The molecule has 0 radical (unpaired) electrons. The number of hydrogen-bond acceptors (Lipinski definition) is 4. The molecule has 0 amide bonds. The van der Waals surface area contributed by atoms with Crippen LogP contribution in [0.2, 0.25) is 0 Å². The summed E-state index contributed by atoms with van der Waals surface area (Å²) in [5.41, 5.74) is 7.63. The van der Waals surface area contributed by atoms with Crippen molar-refractivity contribution in [2.24, 2.45) is 0 Å². The molecule has 0 saturated heterocycles. The Morgan fingerprint density at radius 2 is 1.62 bits per heavy atom. The first-order valence-electron chi connectivity index (χ1n) is 11.3. The van der Waals surface area contributed by atoms with Crippen LogP contribution in [-0.4, -0.2) is 19.9 Å². The molecule has 168 valence electrons. The van der Waals surface area contributed by atoms with Gasteiger partial charge in [0.15, 0.2) is 0 Å². The van der Waals surface area contributed by atoms with Crippen molar-refractivity contribution in [1.82, 2.24) is 14.8 Å². The molecule has 0 bridgehead atoms. The number of para-hydroxylation sites is 1. The largest absolute Gasteiger partial charge is 0.382 e. The molecule has 0 aliphatic rings. The Bertz CT molecular complexity index is 1370. The normalized spacial score (nSPS) is 11.8. The van der Waals surface area contributed by atoms with Crippen LogP contribution >= 0.6 is 0 Å². The lowest BCUT2D eigenvalue weighted by molar-refractivity contribution is 0.215. The summed E-state index contributed by atoms with van der Waals surface area (Å²) in [5.74, 6) is 0. The third kappa shape index (κ3) is 4.60. The van der Waals surface area contributed by atoms with E-state index in [1.165, 1.54) is 0 Å². The fraction of sp³-hybridized carbons (Fsp3) is 0.103. The fourth-order valence-electron chi connectivity index (χ4n) is 3.99. The maximum Gasteiger partial charge on any atom is 0.121 e. The molecule has 0 saturated carbocycles. The lowest BCUT2D eigenvalue weighted by Crippen LogP contribution is -2.05. The minimum absolute atomic E-state index is 0.598. The van der Waals surface area contributed by atoms with Crippen molar-refractivity contribution in [2.45, 2.75) is 19.6 Å². The highest BCUT2D eigenvalue weighted by molar-refractivity contribution is 5.64. The molecule has 1 atom stereocenters. The Labute approximate surface area is 199 Å². The Morgan fingerprint density at radius 3 is 2.35 bits per heavy atom. The highest BCUT2D eigenvalue weighted by Gasteiger charge is 2.15. The zero-order valence-corrected chi connectivity index (χ0v) is 19.0. The molecule has 5 aromatic rings. The number of aliphatic hydroxyl groups is 1. The van der Waals surface area contributed by atoms with Gasteiger partial charge >= 0.3 is 0 Å².